The van der Waals surface area contributed by atoms with Crippen LogP contribution in [0.2, 0.25) is 0 Å². The molecular formula is C26H27N3O3S. The Morgan fingerprint density at radius 1 is 1.18 bits per heavy atom. The number of aromatic nitrogens is 2. The van der Waals surface area contributed by atoms with Crippen LogP contribution in [0.25, 0.3) is 26.4 Å². The molecule has 0 saturated carbocycles. The first-order valence-electron chi connectivity index (χ1n) is 11.4. The molecule has 3 heterocycles. The van der Waals surface area contributed by atoms with Gasteiger partial charge in [-0.1, -0.05) is 35.1 Å². The SMILES string of the molecule is CCOC(=O)[C@@H]1CCCN(C(=O)c2ccc3c(c2)sc2nc(-c4ccc(C)cc4C)cn23)C1. The minimum absolute atomic E-state index is 0.0343. The summed E-state index contributed by atoms with van der Waals surface area (Å²) in [6.07, 6.45) is 3.65. The Bertz CT molecular complexity index is 1370. The number of amides is 1. The van der Waals surface area contributed by atoms with Crippen molar-refractivity contribution in [3.63, 3.8) is 0 Å². The van der Waals surface area contributed by atoms with Gasteiger partial charge in [-0.05, 0) is 57.4 Å². The molecule has 1 fully saturated rings. The van der Waals surface area contributed by atoms with Gasteiger partial charge in [-0.3, -0.25) is 14.0 Å². The number of likely N-dealkylation sites (tertiary alicyclic amines) is 1. The van der Waals surface area contributed by atoms with Crippen molar-refractivity contribution in [2.45, 2.75) is 33.6 Å². The first kappa shape index (κ1) is 21.6. The average molecular weight is 462 g/mol. The van der Waals surface area contributed by atoms with Gasteiger partial charge in [-0.15, -0.1) is 0 Å². The lowest BCUT2D eigenvalue weighted by Crippen LogP contribution is -2.42. The van der Waals surface area contributed by atoms with Crippen LogP contribution >= 0.6 is 11.3 Å². The van der Waals surface area contributed by atoms with E-state index in [4.69, 9.17) is 9.72 Å². The Morgan fingerprint density at radius 3 is 2.82 bits per heavy atom. The van der Waals surface area contributed by atoms with E-state index in [1.807, 2.05) is 25.1 Å². The predicted octanol–water partition coefficient (Wildman–Crippen LogP) is 5.25. The fraction of sp³-hybridized carbons (Fsp3) is 0.346. The maximum absolute atomic E-state index is 13.2. The smallest absolute Gasteiger partial charge is 0.310 e. The van der Waals surface area contributed by atoms with Crippen molar-refractivity contribution >= 4 is 38.4 Å². The second-order valence-electron chi connectivity index (χ2n) is 8.72. The number of carbonyl (C=O) groups excluding carboxylic acids is 2. The van der Waals surface area contributed by atoms with Crippen molar-refractivity contribution < 1.29 is 14.3 Å². The molecule has 1 aliphatic rings. The fourth-order valence-corrected chi connectivity index (χ4v) is 5.71. The molecule has 1 saturated heterocycles. The van der Waals surface area contributed by atoms with E-state index in [-0.39, 0.29) is 17.8 Å². The summed E-state index contributed by atoms with van der Waals surface area (Å²) in [7, 11) is 0. The van der Waals surface area contributed by atoms with Gasteiger partial charge >= 0.3 is 5.97 Å². The highest BCUT2D eigenvalue weighted by Crippen LogP contribution is 2.32. The Hall–Kier alpha value is -3.19. The summed E-state index contributed by atoms with van der Waals surface area (Å²) in [5.74, 6) is -0.475. The Balaban J connectivity index is 1.41. The number of ether oxygens (including phenoxy) is 1. The van der Waals surface area contributed by atoms with E-state index in [1.54, 1.807) is 16.2 Å². The Labute approximate surface area is 196 Å². The van der Waals surface area contributed by atoms with E-state index in [1.165, 1.54) is 11.1 Å². The van der Waals surface area contributed by atoms with Crippen LogP contribution in [0.5, 0.6) is 0 Å². The van der Waals surface area contributed by atoms with Gasteiger partial charge in [-0.25, -0.2) is 4.98 Å². The highest BCUT2D eigenvalue weighted by molar-refractivity contribution is 7.23. The normalized spacial score (nSPS) is 16.5. The van der Waals surface area contributed by atoms with Gasteiger partial charge in [0.25, 0.3) is 5.91 Å². The molecule has 2 aromatic carbocycles. The standard InChI is InChI=1S/C26H27N3O3S/c1-4-32-25(31)19-6-5-11-28(14-19)24(30)18-8-10-22-23(13-18)33-26-27-21(15-29(22)26)20-9-7-16(2)12-17(20)3/h7-10,12-13,15,19H,4-6,11,14H2,1-3H3/t19-/m1/s1. The first-order chi connectivity index (χ1) is 15.9. The molecule has 2 aromatic heterocycles. The molecule has 0 unspecified atom stereocenters. The summed E-state index contributed by atoms with van der Waals surface area (Å²) in [4.78, 5) is 32.9. The van der Waals surface area contributed by atoms with Crippen LogP contribution in [-0.2, 0) is 9.53 Å². The second kappa shape index (κ2) is 8.63. The maximum atomic E-state index is 13.2. The number of carbonyl (C=O) groups is 2. The average Bonchev–Trinajstić information content (AvgIpc) is 3.36. The third-order valence-corrected chi connectivity index (χ3v) is 7.34. The molecule has 0 bridgehead atoms. The van der Waals surface area contributed by atoms with Crippen molar-refractivity contribution in [1.82, 2.24) is 14.3 Å². The van der Waals surface area contributed by atoms with Crippen LogP contribution in [0.3, 0.4) is 0 Å². The predicted molar refractivity (Wildman–Crippen MR) is 131 cm³/mol. The van der Waals surface area contributed by atoms with E-state index in [0.29, 0.717) is 25.3 Å². The maximum Gasteiger partial charge on any atom is 0.310 e. The molecule has 1 atom stereocenters. The zero-order valence-corrected chi connectivity index (χ0v) is 19.9. The lowest BCUT2D eigenvalue weighted by molar-refractivity contribution is -0.149. The minimum atomic E-state index is -0.236. The largest absolute Gasteiger partial charge is 0.466 e. The van der Waals surface area contributed by atoms with Crippen molar-refractivity contribution in [2.24, 2.45) is 5.92 Å². The second-order valence-corrected chi connectivity index (χ2v) is 9.73. The monoisotopic (exact) mass is 461 g/mol. The highest BCUT2D eigenvalue weighted by atomic mass is 32.1. The van der Waals surface area contributed by atoms with E-state index in [9.17, 15) is 9.59 Å². The van der Waals surface area contributed by atoms with Gasteiger partial charge in [0.2, 0.25) is 0 Å². The fourth-order valence-electron chi connectivity index (χ4n) is 4.66. The number of fused-ring (bicyclic) bond motifs is 3. The third-order valence-electron chi connectivity index (χ3n) is 6.33. The summed E-state index contributed by atoms with van der Waals surface area (Å²) in [5, 5.41) is 0. The van der Waals surface area contributed by atoms with Gasteiger partial charge in [0.15, 0.2) is 4.96 Å². The Kier molecular flexibility index (Phi) is 5.66. The van der Waals surface area contributed by atoms with Crippen molar-refractivity contribution in [1.29, 1.82) is 0 Å². The quantitative estimate of drug-likeness (QED) is 0.390. The number of piperidine rings is 1. The van der Waals surface area contributed by atoms with Crippen molar-refractivity contribution in [3.05, 3.63) is 59.3 Å². The van der Waals surface area contributed by atoms with Gasteiger partial charge in [0.05, 0.1) is 28.4 Å². The topological polar surface area (TPSA) is 63.9 Å². The zero-order chi connectivity index (χ0) is 23.1. The van der Waals surface area contributed by atoms with Crippen LogP contribution < -0.4 is 0 Å². The van der Waals surface area contributed by atoms with Crippen molar-refractivity contribution in [3.8, 4) is 11.3 Å². The molecule has 0 N–H and O–H groups in total. The van der Waals surface area contributed by atoms with Gasteiger partial charge in [0.1, 0.15) is 0 Å². The molecule has 7 heteroatoms. The summed E-state index contributed by atoms with van der Waals surface area (Å²) in [6, 6.07) is 12.2. The molecule has 33 heavy (non-hydrogen) atoms. The van der Waals surface area contributed by atoms with E-state index in [0.717, 1.165) is 39.3 Å². The minimum Gasteiger partial charge on any atom is -0.466 e. The number of imidazole rings is 1. The number of esters is 1. The summed E-state index contributed by atoms with van der Waals surface area (Å²) >= 11 is 1.58. The number of thiazole rings is 1. The van der Waals surface area contributed by atoms with Crippen LogP contribution in [0, 0.1) is 19.8 Å². The number of hydrogen-bond donors (Lipinski definition) is 0. The number of aryl methyl sites for hydroxylation is 2. The van der Waals surface area contributed by atoms with Crippen molar-refractivity contribution in [2.75, 3.05) is 19.7 Å². The molecule has 4 aromatic rings. The zero-order valence-electron chi connectivity index (χ0n) is 19.1. The molecule has 0 radical (unpaired) electrons. The molecule has 5 rings (SSSR count). The van der Waals surface area contributed by atoms with E-state index < -0.39 is 0 Å². The highest BCUT2D eigenvalue weighted by Gasteiger charge is 2.30. The molecule has 170 valence electrons. The summed E-state index contributed by atoms with van der Waals surface area (Å²) < 4.78 is 8.29. The number of nitrogens with zero attached hydrogens (tertiary/aromatic N) is 3. The van der Waals surface area contributed by atoms with Gasteiger partial charge in [-0.2, -0.15) is 0 Å². The summed E-state index contributed by atoms with van der Waals surface area (Å²) in [6.45, 7) is 7.46. The van der Waals surface area contributed by atoms with Gasteiger partial charge < -0.3 is 9.64 Å². The number of hydrogen-bond acceptors (Lipinski definition) is 5. The van der Waals surface area contributed by atoms with Crippen LogP contribution in [0.15, 0.2) is 42.6 Å². The number of benzene rings is 2. The molecule has 6 nitrogen and oxygen atoms in total. The lowest BCUT2D eigenvalue weighted by Gasteiger charge is -2.31. The van der Waals surface area contributed by atoms with Crippen LogP contribution in [0.4, 0.5) is 0 Å². The molecule has 1 amide bonds. The molecular weight excluding hydrogens is 434 g/mol. The first-order valence-corrected chi connectivity index (χ1v) is 12.2. The molecule has 0 spiro atoms. The lowest BCUT2D eigenvalue weighted by atomic mass is 9.97. The van der Waals surface area contributed by atoms with Crippen LogP contribution in [-0.4, -0.2) is 45.9 Å². The summed E-state index contributed by atoms with van der Waals surface area (Å²) in [5.41, 5.74) is 6.23. The van der Waals surface area contributed by atoms with Gasteiger partial charge in [0, 0.05) is 30.4 Å². The van der Waals surface area contributed by atoms with E-state index >= 15 is 0 Å². The molecule has 0 aliphatic carbocycles. The Morgan fingerprint density at radius 2 is 2.03 bits per heavy atom. The number of rotatable bonds is 4. The third kappa shape index (κ3) is 4.02. The molecule has 1 aliphatic heterocycles. The van der Waals surface area contributed by atoms with E-state index in [2.05, 4.69) is 42.6 Å². The van der Waals surface area contributed by atoms with Crippen LogP contribution in [0.1, 0.15) is 41.3 Å².